The molecule has 0 aliphatic carbocycles. The smallest absolute Gasteiger partial charge is 0.202 e. The fourth-order valence-electron chi connectivity index (χ4n) is 1.39. The second-order valence-corrected chi connectivity index (χ2v) is 5.14. The number of hydrogen-bond donors (Lipinski definition) is 1. The summed E-state index contributed by atoms with van der Waals surface area (Å²) in [5.74, 6) is 1.36. The van der Waals surface area contributed by atoms with Crippen LogP contribution in [0.15, 0.2) is 18.5 Å². The lowest BCUT2D eigenvalue weighted by Crippen LogP contribution is -2.07. The standard InChI is InChI=1S/C12H16N4S/c1-8(2)6-14-12-15-11(16-17-12)10-7-13-5-4-9(10)3/h4-5,7-8H,6H2,1-3H3,(H,14,15,16). The predicted molar refractivity (Wildman–Crippen MR) is 71.2 cm³/mol. The lowest BCUT2D eigenvalue weighted by Gasteiger charge is -2.03. The van der Waals surface area contributed by atoms with Gasteiger partial charge in [-0.1, -0.05) is 13.8 Å². The first-order chi connectivity index (χ1) is 8.16. The average molecular weight is 248 g/mol. The maximum absolute atomic E-state index is 4.47. The lowest BCUT2D eigenvalue weighted by molar-refractivity contribution is 0.688. The van der Waals surface area contributed by atoms with Gasteiger partial charge in [0.05, 0.1) is 0 Å². The number of pyridine rings is 1. The quantitative estimate of drug-likeness (QED) is 0.903. The van der Waals surface area contributed by atoms with Gasteiger partial charge >= 0.3 is 0 Å². The number of aryl methyl sites for hydroxylation is 1. The van der Waals surface area contributed by atoms with Gasteiger partial charge in [0, 0.05) is 36.0 Å². The summed E-state index contributed by atoms with van der Waals surface area (Å²) in [6.07, 6.45) is 3.59. The van der Waals surface area contributed by atoms with E-state index in [1.165, 1.54) is 11.5 Å². The molecular weight excluding hydrogens is 232 g/mol. The van der Waals surface area contributed by atoms with Crippen LogP contribution in [0.2, 0.25) is 0 Å². The Hall–Kier alpha value is -1.49. The molecule has 0 bridgehead atoms. The minimum absolute atomic E-state index is 0.600. The van der Waals surface area contributed by atoms with Gasteiger partial charge in [0.2, 0.25) is 5.13 Å². The second kappa shape index (κ2) is 5.23. The van der Waals surface area contributed by atoms with Crippen LogP contribution in [-0.2, 0) is 0 Å². The van der Waals surface area contributed by atoms with Crippen molar-refractivity contribution in [2.45, 2.75) is 20.8 Å². The minimum Gasteiger partial charge on any atom is -0.360 e. The zero-order chi connectivity index (χ0) is 12.3. The van der Waals surface area contributed by atoms with Crippen LogP contribution in [0.4, 0.5) is 5.13 Å². The van der Waals surface area contributed by atoms with Gasteiger partial charge in [0.15, 0.2) is 5.82 Å². The van der Waals surface area contributed by atoms with Crippen LogP contribution in [0, 0.1) is 12.8 Å². The Morgan fingerprint density at radius 3 is 2.94 bits per heavy atom. The van der Waals surface area contributed by atoms with Crippen LogP contribution >= 0.6 is 11.5 Å². The Balaban J connectivity index is 2.16. The first-order valence-corrected chi connectivity index (χ1v) is 6.42. The van der Waals surface area contributed by atoms with Crippen molar-refractivity contribution in [3.8, 4) is 11.4 Å². The predicted octanol–water partition coefficient (Wildman–Crippen LogP) is 2.98. The number of hydrogen-bond acceptors (Lipinski definition) is 5. The van der Waals surface area contributed by atoms with E-state index in [9.17, 15) is 0 Å². The normalized spacial score (nSPS) is 10.8. The van der Waals surface area contributed by atoms with E-state index in [4.69, 9.17) is 0 Å². The summed E-state index contributed by atoms with van der Waals surface area (Å²) >= 11 is 1.40. The first kappa shape index (κ1) is 12.0. The van der Waals surface area contributed by atoms with Crippen molar-refractivity contribution < 1.29 is 0 Å². The molecule has 1 N–H and O–H groups in total. The Morgan fingerprint density at radius 2 is 2.24 bits per heavy atom. The molecule has 2 aromatic rings. The van der Waals surface area contributed by atoms with Crippen LogP contribution in [0.5, 0.6) is 0 Å². The number of rotatable bonds is 4. The summed E-state index contributed by atoms with van der Waals surface area (Å²) in [6.45, 7) is 7.29. The third-order valence-corrected chi connectivity index (χ3v) is 3.04. The monoisotopic (exact) mass is 248 g/mol. The summed E-state index contributed by atoms with van der Waals surface area (Å²) < 4.78 is 4.35. The van der Waals surface area contributed by atoms with Crippen LogP contribution in [0.3, 0.4) is 0 Å². The maximum atomic E-state index is 4.47. The van der Waals surface area contributed by atoms with Crippen LogP contribution < -0.4 is 5.32 Å². The van der Waals surface area contributed by atoms with Gasteiger partial charge in [-0.2, -0.15) is 9.36 Å². The molecular formula is C12H16N4S. The van der Waals surface area contributed by atoms with Gasteiger partial charge in [-0.25, -0.2) is 0 Å². The SMILES string of the molecule is Cc1ccncc1-c1nsc(NCC(C)C)n1. The van der Waals surface area contributed by atoms with Crippen molar-refractivity contribution in [1.82, 2.24) is 14.3 Å². The zero-order valence-corrected chi connectivity index (χ0v) is 11.1. The lowest BCUT2D eigenvalue weighted by atomic mass is 10.1. The molecule has 0 spiro atoms. The molecule has 0 atom stereocenters. The van der Waals surface area contributed by atoms with E-state index in [0.717, 1.165) is 28.6 Å². The summed E-state index contributed by atoms with van der Waals surface area (Å²) in [5, 5.41) is 4.15. The van der Waals surface area contributed by atoms with Gasteiger partial charge in [-0.15, -0.1) is 0 Å². The van der Waals surface area contributed by atoms with Crippen molar-refractivity contribution >= 4 is 16.7 Å². The Kier molecular flexibility index (Phi) is 3.68. The Bertz CT molecular complexity index is 493. The third kappa shape index (κ3) is 3.00. The highest BCUT2D eigenvalue weighted by molar-refractivity contribution is 7.09. The number of nitrogens with one attached hydrogen (secondary N) is 1. The topological polar surface area (TPSA) is 50.7 Å². The van der Waals surface area contributed by atoms with Crippen LogP contribution in [0.25, 0.3) is 11.4 Å². The molecule has 2 rings (SSSR count). The highest BCUT2D eigenvalue weighted by Gasteiger charge is 2.08. The second-order valence-electron chi connectivity index (χ2n) is 4.39. The third-order valence-electron chi connectivity index (χ3n) is 2.37. The van der Waals surface area contributed by atoms with Crippen molar-refractivity contribution in [2.24, 2.45) is 5.92 Å². The van der Waals surface area contributed by atoms with Crippen molar-refractivity contribution in [2.75, 3.05) is 11.9 Å². The molecule has 0 aliphatic rings. The molecule has 0 saturated carbocycles. The summed E-state index contributed by atoms with van der Waals surface area (Å²) in [5.41, 5.74) is 2.15. The van der Waals surface area contributed by atoms with Crippen LogP contribution in [0.1, 0.15) is 19.4 Å². The molecule has 0 saturated heterocycles. The highest BCUT2D eigenvalue weighted by atomic mass is 32.1. The molecule has 0 unspecified atom stereocenters. The van der Waals surface area contributed by atoms with Crippen molar-refractivity contribution in [3.63, 3.8) is 0 Å². The van der Waals surface area contributed by atoms with E-state index in [0.29, 0.717) is 5.92 Å². The molecule has 0 radical (unpaired) electrons. The average Bonchev–Trinajstić information content (AvgIpc) is 2.75. The summed E-state index contributed by atoms with van der Waals surface area (Å²) in [6, 6.07) is 1.97. The maximum Gasteiger partial charge on any atom is 0.202 e. The molecule has 0 fully saturated rings. The fraction of sp³-hybridized carbons (Fsp3) is 0.417. The first-order valence-electron chi connectivity index (χ1n) is 5.65. The van der Waals surface area contributed by atoms with E-state index in [1.54, 1.807) is 6.20 Å². The van der Waals surface area contributed by atoms with Gasteiger partial charge in [0.25, 0.3) is 0 Å². The number of anilines is 1. The molecule has 2 aromatic heterocycles. The molecule has 17 heavy (non-hydrogen) atoms. The van der Waals surface area contributed by atoms with E-state index < -0.39 is 0 Å². The Morgan fingerprint density at radius 1 is 1.41 bits per heavy atom. The molecule has 5 heteroatoms. The molecule has 0 aromatic carbocycles. The molecule has 90 valence electrons. The summed E-state index contributed by atoms with van der Waals surface area (Å²) in [4.78, 5) is 8.58. The molecule has 2 heterocycles. The molecule has 0 aliphatic heterocycles. The van der Waals surface area contributed by atoms with E-state index in [-0.39, 0.29) is 0 Å². The largest absolute Gasteiger partial charge is 0.360 e. The molecule has 4 nitrogen and oxygen atoms in total. The van der Waals surface area contributed by atoms with Crippen molar-refractivity contribution in [1.29, 1.82) is 0 Å². The van der Waals surface area contributed by atoms with E-state index in [2.05, 4.69) is 33.5 Å². The summed E-state index contributed by atoms with van der Waals surface area (Å²) in [7, 11) is 0. The fourth-order valence-corrected chi connectivity index (χ4v) is 1.98. The van der Waals surface area contributed by atoms with Gasteiger partial charge in [-0.05, 0) is 24.5 Å². The highest BCUT2D eigenvalue weighted by Crippen LogP contribution is 2.23. The Labute approximate surface area is 105 Å². The number of nitrogens with zero attached hydrogens (tertiary/aromatic N) is 3. The van der Waals surface area contributed by atoms with Gasteiger partial charge in [0.1, 0.15) is 0 Å². The van der Waals surface area contributed by atoms with Crippen molar-refractivity contribution in [3.05, 3.63) is 24.0 Å². The van der Waals surface area contributed by atoms with Gasteiger partial charge in [-0.3, -0.25) is 4.98 Å². The minimum atomic E-state index is 0.600. The van der Waals surface area contributed by atoms with E-state index in [1.807, 2.05) is 19.2 Å². The zero-order valence-electron chi connectivity index (χ0n) is 10.3. The van der Waals surface area contributed by atoms with E-state index >= 15 is 0 Å². The number of aromatic nitrogens is 3. The van der Waals surface area contributed by atoms with Gasteiger partial charge < -0.3 is 5.32 Å². The molecule has 0 amide bonds. The van der Waals surface area contributed by atoms with Crippen LogP contribution in [-0.4, -0.2) is 20.9 Å².